The highest BCUT2D eigenvalue weighted by Crippen LogP contribution is 2.31. The Bertz CT molecular complexity index is 671. The van der Waals surface area contributed by atoms with Gasteiger partial charge in [0.1, 0.15) is 12.6 Å². The van der Waals surface area contributed by atoms with E-state index in [0.717, 1.165) is 24.8 Å². The highest BCUT2D eigenvalue weighted by atomic mass is 35.5. The molecule has 1 unspecified atom stereocenters. The number of hydrogen-bond acceptors (Lipinski definition) is 5. The second-order valence-electron chi connectivity index (χ2n) is 5.49. The van der Waals surface area contributed by atoms with Gasteiger partial charge in [-0.05, 0) is 43.5 Å². The van der Waals surface area contributed by atoms with Crippen LogP contribution in [0.4, 0.5) is 0 Å². The average molecular weight is 336 g/mol. The molecule has 1 saturated heterocycles. The molecule has 122 valence electrons. The van der Waals surface area contributed by atoms with Gasteiger partial charge in [0.25, 0.3) is 0 Å². The van der Waals surface area contributed by atoms with Crippen LogP contribution < -0.4 is 0 Å². The van der Waals surface area contributed by atoms with Crippen LogP contribution in [0.3, 0.4) is 0 Å². The van der Waals surface area contributed by atoms with E-state index in [0.29, 0.717) is 23.3 Å². The Kier molecular flexibility index (Phi) is 4.93. The molecule has 3 rings (SSSR count). The third kappa shape index (κ3) is 3.54. The van der Waals surface area contributed by atoms with E-state index < -0.39 is 0 Å². The van der Waals surface area contributed by atoms with E-state index in [1.165, 1.54) is 7.11 Å². The zero-order valence-electron chi connectivity index (χ0n) is 12.9. The first-order valence-electron chi connectivity index (χ1n) is 7.57. The lowest BCUT2D eigenvalue weighted by Gasteiger charge is -2.33. The number of hydrogen-bond donors (Lipinski definition) is 0. The summed E-state index contributed by atoms with van der Waals surface area (Å²) in [5.74, 6) is 0.920. The van der Waals surface area contributed by atoms with Gasteiger partial charge >= 0.3 is 0 Å². The number of carbonyl (C=O) groups is 1. The summed E-state index contributed by atoms with van der Waals surface area (Å²) in [6.07, 6.45) is 2.82. The van der Waals surface area contributed by atoms with Gasteiger partial charge in [0.2, 0.25) is 17.6 Å². The van der Waals surface area contributed by atoms with Crippen molar-refractivity contribution in [2.75, 3.05) is 20.3 Å². The molecule has 2 aromatic rings. The van der Waals surface area contributed by atoms with E-state index in [2.05, 4.69) is 10.1 Å². The maximum absolute atomic E-state index is 12.2. The molecule has 1 aliphatic rings. The summed E-state index contributed by atoms with van der Waals surface area (Å²) in [4.78, 5) is 18.4. The first-order valence-corrected chi connectivity index (χ1v) is 7.95. The molecule has 0 saturated carbocycles. The van der Waals surface area contributed by atoms with Crippen LogP contribution in [0.5, 0.6) is 0 Å². The van der Waals surface area contributed by atoms with Crippen molar-refractivity contribution >= 4 is 17.5 Å². The fourth-order valence-corrected chi connectivity index (χ4v) is 2.91. The molecule has 1 amide bonds. The molecule has 0 bridgehead atoms. The predicted octanol–water partition coefficient (Wildman–Crippen LogP) is 3.09. The number of aromatic nitrogens is 2. The summed E-state index contributed by atoms with van der Waals surface area (Å²) in [7, 11) is 1.52. The average Bonchev–Trinajstić information content (AvgIpc) is 3.05. The van der Waals surface area contributed by atoms with Gasteiger partial charge in [-0.15, -0.1) is 0 Å². The molecule has 23 heavy (non-hydrogen) atoms. The van der Waals surface area contributed by atoms with Crippen LogP contribution >= 0.6 is 11.6 Å². The number of benzene rings is 1. The Hall–Kier alpha value is -1.92. The molecule has 0 radical (unpaired) electrons. The summed E-state index contributed by atoms with van der Waals surface area (Å²) >= 11 is 5.89. The summed E-state index contributed by atoms with van der Waals surface area (Å²) < 4.78 is 10.4. The van der Waals surface area contributed by atoms with Crippen molar-refractivity contribution in [1.29, 1.82) is 0 Å². The predicted molar refractivity (Wildman–Crippen MR) is 84.9 cm³/mol. The summed E-state index contributed by atoms with van der Waals surface area (Å²) in [6, 6.07) is 7.06. The number of ether oxygens (including phenoxy) is 1. The van der Waals surface area contributed by atoms with Crippen LogP contribution in [0, 0.1) is 0 Å². The molecule has 1 aromatic heterocycles. The smallest absolute Gasteiger partial charge is 0.249 e. The lowest BCUT2D eigenvalue weighted by atomic mass is 10.0. The Balaban J connectivity index is 1.82. The van der Waals surface area contributed by atoms with Crippen molar-refractivity contribution in [2.45, 2.75) is 25.3 Å². The summed E-state index contributed by atoms with van der Waals surface area (Å²) in [6.45, 7) is 0.750. The molecule has 6 nitrogen and oxygen atoms in total. The Labute approximate surface area is 139 Å². The van der Waals surface area contributed by atoms with Gasteiger partial charge in [-0.3, -0.25) is 4.79 Å². The van der Waals surface area contributed by atoms with Crippen molar-refractivity contribution in [2.24, 2.45) is 0 Å². The molecule has 1 atom stereocenters. The Morgan fingerprint density at radius 3 is 2.91 bits per heavy atom. The topological polar surface area (TPSA) is 68.5 Å². The van der Waals surface area contributed by atoms with Crippen molar-refractivity contribution in [3.8, 4) is 11.4 Å². The number of nitrogens with zero attached hydrogens (tertiary/aromatic N) is 3. The number of likely N-dealkylation sites (tertiary alicyclic amines) is 1. The molecule has 2 heterocycles. The van der Waals surface area contributed by atoms with Gasteiger partial charge in [-0.2, -0.15) is 4.98 Å². The number of piperidine rings is 1. The summed E-state index contributed by atoms with van der Waals surface area (Å²) in [5, 5.41) is 4.69. The fraction of sp³-hybridized carbons (Fsp3) is 0.438. The minimum Gasteiger partial charge on any atom is -0.375 e. The summed E-state index contributed by atoms with van der Waals surface area (Å²) in [5.41, 5.74) is 0.829. The van der Waals surface area contributed by atoms with E-state index >= 15 is 0 Å². The lowest BCUT2D eigenvalue weighted by Crippen LogP contribution is -2.40. The lowest BCUT2D eigenvalue weighted by molar-refractivity contribution is -0.139. The maximum atomic E-state index is 12.2. The van der Waals surface area contributed by atoms with Crippen LogP contribution in [0.25, 0.3) is 11.4 Å². The second kappa shape index (κ2) is 7.10. The molecular formula is C16H18ClN3O3. The maximum Gasteiger partial charge on any atom is 0.249 e. The largest absolute Gasteiger partial charge is 0.375 e. The van der Waals surface area contributed by atoms with E-state index in [1.54, 1.807) is 17.0 Å². The minimum absolute atomic E-state index is 0.0524. The van der Waals surface area contributed by atoms with E-state index in [4.69, 9.17) is 20.9 Å². The van der Waals surface area contributed by atoms with Gasteiger partial charge < -0.3 is 14.2 Å². The van der Waals surface area contributed by atoms with Crippen LogP contribution in [-0.2, 0) is 9.53 Å². The zero-order chi connectivity index (χ0) is 16.2. The highest BCUT2D eigenvalue weighted by Gasteiger charge is 2.32. The van der Waals surface area contributed by atoms with Crippen LogP contribution in [-0.4, -0.2) is 41.2 Å². The minimum atomic E-state index is -0.181. The van der Waals surface area contributed by atoms with Crippen LogP contribution in [0.2, 0.25) is 5.02 Å². The Morgan fingerprint density at radius 2 is 2.17 bits per heavy atom. The van der Waals surface area contributed by atoms with Gasteiger partial charge in [-0.25, -0.2) is 0 Å². The van der Waals surface area contributed by atoms with E-state index in [-0.39, 0.29) is 18.6 Å². The normalized spacial score (nSPS) is 18.2. The molecular weight excluding hydrogens is 318 g/mol. The quantitative estimate of drug-likeness (QED) is 0.858. The van der Waals surface area contributed by atoms with Gasteiger partial charge in [0.05, 0.1) is 0 Å². The standard InChI is InChI=1S/C16H18ClN3O3/c1-22-10-14(21)20-9-3-2-4-13(20)16-18-15(19-23-16)11-5-7-12(17)8-6-11/h5-8,13H,2-4,9-10H2,1H3. The molecule has 1 fully saturated rings. The third-order valence-electron chi connectivity index (χ3n) is 3.92. The first-order chi connectivity index (χ1) is 11.2. The molecule has 0 spiro atoms. The molecule has 1 aliphatic heterocycles. The van der Waals surface area contributed by atoms with E-state index in [1.807, 2.05) is 12.1 Å². The van der Waals surface area contributed by atoms with Gasteiger partial charge in [0.15, 0.2) is 0 Å². The third-order valence-corrected chi connectivity index (χ3v) is 4.17. The van der Waals surface area contributed by atoms with Crippen LogP contribution in [0.1, 0.15) is 31.2 Å². The number of methoxy groups -OCH3 is 1. The highest BCUT2D eigenvalue weighted by molar-refractivity contribution is 6.30. The first kappa shape index (κ1) is 16.0. The van der Waals surface area contributed by atoms with Crippen molar-refractivity contribution in [3.63, 3.8) is 0 Å². The SMILES string of the molecule is COCC(=O)N1CCCCC1c1nc(-c2ccc(Cl)cc2)no1. The molecule has 1 aromatic carbocycles. The number of rotatable bonds is 4. The van der Waals surface area contributed by atoms with Crippen LogP contribution in [0.15, 0.2) is 28.8 Å². The fourth-order valence-electron chi connectivity index (χ4n) is 2.78. The molecule has 0 aliphatic carbocycles. The zero-order valence-corrected chi connectivity index (χ0v) is 13.6. The molecule has 7 heteroatoms. The number of carbonyl (C=O) groups excluding carboxylic acids is 1. The second-order valence-corrected chi connectivity index (χ2v) is 5.93. The molecule has 0 N–H and O–H groups in total. The van der Waals surface area contributed by atoms with Crippen molar-refractivity contribution in [3.05, 3.63) is 35.2 Å². The monoisotopic (exact) mass is 335 g/mol. The van der Waals surface area contributed by atoms with Crippen molar-refractivity contribution in [1.82, 2.24) is 15.0 Å². The van der Waals surface area contributed by atoms with Gasteiger partial charge in [0, 0.05) is 24.2 Å². The Morgan fingerprint density at radius 1 is 1.39 bits per heavy atom. The number of halogens is 1. The van der Waals surface area contributed by atoms with E-state index in [9.17, 15) is 4.79 Å². The number of amides is 1. The van der Waals surface area contributed by atoms with Crippen molar-refractivity contribution < 1.29 is 14.1 Å². The van der Waals surface area contributed by atoms with Gasteiger partial charge in [-0.1, -0.05) is 16.8 Å².